The van der Waals surface area contributed by atoms with Crippen molar-refractivity contribution in [3.63, 3.8) is 0 Å². The van der Waals surface area contributed by atoms with Crippen LogP contribution in [0.15, 0.2) is 59.0 Å². The van der Waals surface area contributed by atoms with Gasteiger partial charge in [0.05, 0.1) is 39.1 Å². The number of nitrogen functional groups attached to an aromatic ring is 2. The van der Waals surface area contributed by atoms with E-state index in [1.807, 2.05) is 48.7 Å². The SMILES string of the molecule is CCN(CC[NH+](C)C)c1ccc(N)cc1.Cc1csc(N/N=C/c2ccc(N)cc2)n1. The summed E-state index contributed by atoms with van der Waals surface area (Å²) in [5.41, 5.74) is 18.9. The van der Waals surface area contributed by atoms with Crippen LogP contribution >= 0.6 is 11.3 Å². The summed E-state index contributed by atoms with van der Waals surface area (Å²) in [4.78, 5) is 8.07. The molecule has 2 aromatic carbocycles. The standard InChI is InChI=1S/C12H21N3.C11H12N4S/c1-4-15(10-9-14(2)3)12-7-5-11(13)6-8-12;1-8-7-16-11(14-8)15-13-6-9-2-4-10(12)5-3-9/h5-8H,4,9-10,13H2,1-3H3;2-7H,12H2,1H3,(H,14,15)/p+1/b;13-6+. The van der Waals surface area contributed by atoms with Crippen LogP contribution in [-0.4, -0.2) is 44.9 Å². The number of hydrazone groups is 1. The van der Waals surface area contributed by atoms with Crippen LogP contribution in [-0.2, 0) is 0 Å². The molecule has 0 atom stereocenters. The number of likely N-dealkylation sites (N-methyl/N-ethyl adjacent to an activating group) is 2. The van der Waals surface area contributed by atoms with E-state index in [0.717, 1.165) is 47.4 Å². The van der Waals surface area contributed by atoms with E-state index in [1.165, 1.54) is 21.9 Å². The van der Waals surface area contributed by atoms with E-state index in [2.05, 4.69) is 53.6 Å². The van der Waals surface area contributed by atoms with Crippen molar-refractivity contribution in [1.82, 2.24) is 4.98 Å². The fourth-order valence-electron chi connectivity index (χ4n) is 2.66. The van der Waals surface area contributed by atoms with E-state index in [9.17, 15) is 0 Å². The number of hydrogen-bond donors (Lipinski definition) is 4. The highest BCUT2D eigenvalue weighted by Crippen LogP contribution is 2.15. The van der Waals surface area contributed by atoms with E-state index >= 15 is 0 Å². The number of anilines is 4. The van der Waals surface area contributed by atoms with Crippen LogP contribution in [0.4, 0.5) is 22.2 Å². The smallest absolute Gasteiger partial charge is 0.203 e. The van der Waals surface area contributed by atoms with Crippen molar-refractivity contribution in [2.24, 2.45) is 5.10 Å². The Morgan fingerprint density at radius 3 is 2.19 bits per heavy atom. The normalized spacial score (nSPS) is 10.7. The lowest BCUT2D eigenvalue weighted by Gasteiger charge is -2.23. The predicted molar refractivity (Wildman–Crippen MR) is 135 cm³/mol. The molecule has 0 spiro atoms. The molecule has 0 aliphatic heterocycles. The van der Waals surface area contributed by atoms with Crippen molar-refractivity contribution in [1.29, 1.82) is 0 Å². The van der Waals surface area contributed by atoms with Gasteiger partial charge >= 0.3 is 0 Å². The molecule has 0 saturated heterocycles. The van der Waals surface area contributed by atoms with Crippen LogP contribution in [0.5, 0.6) is 0 Å². The predicted octanol–water partition coefficient (Wildman–Crippen LogP) is 2.72. The maximum absolute atomic E-state index is 5.67. The van der Waals surface area contributed by atoms with Crippen LogP contribution in [0.3, 0.4) is 0 Å². The van der Waals surface area contributed by atoms with E-state index in [4.69, 9.17) is 11.5 Å². The number of benzene rings is 2. The Bertz CT molecular complexity index is 918. The fourth-order valence-corrected chi connectivity index (χ4v) is 3.30. The molecule has 0 aliphatic carbocycles. The van der Waals surface area contributed by atoms with Crippen molar-refractivity contribution in [3.8, 4) is 0 Å². The number of nitrogens with one attached hydrogen (secondary N) is 2. The molecule has 3 rings (SSSR count). The van der Waals surface area contributed by atoms with E-state index in [-0.39, 0.29) is 0 Å². The zero-order chi connectivity index (χ0) is 22.6. The van der Waals surface area contributed by atoms with Gasteiger partial charge in [0.2, 0.25) is 5.13 Å². The lowest BCUT2D eigenvalue weighted by molar-refractivity contribution is -0.856. The Morgan fingerprint density at radius 2 is 1.68 bits per heavy atom. The topological polar surface area (TPSA) is 97.0 Å². The second-order valence-electron chi connectivity index (χ2n) is 7.46. The van der Waals surface area contributed by atoms with Gasteiger partial charge in [0, 0.05) is 29.0 Å². The molecule has 166 valence electrons. The third-order valence-electron chi connectivity index (χ3n) is 4.45. The molecule has 0 fully saturated rings. The highest BCUT2D eigenvalue weighted by molar-refractivity contribution is 7.13. The molecule has 6 N–H and O–H groups in total. The minimum absolute atomic E-state index is 0.751. The molecule has 1 aromatic heterocycles. The highest BCUT2D eigenvalue weighted by Gasteiger charge is 2.05. The summed E-state index contributed by atoms with van der Waals surface area (Å²) in [5.74, 6) is 0. The van der Waals surface area contributed by atoms with Crippen LogP contribution in [0.25, 0.3) is 0 Å². The summed E-state index contributed by atoms with van der Waals surface area (Å²) < 4.78 is 0. The van der Waals surface area contributed by atoms with Gasteiger partial charge < -0.3 is 21.3 Å². The van der Waals surface area contributed by atoms with E-state index in [0.29, 0.717) is 0 Å². The van der Waals surface area contributed by atoms with E-state index < -0.39 is 0 Å². The molecule has 0 unspecified atom stereocenters. The maximum Gasteiger partial charge on any atom is 0.203 e. The largest absolute Gasteiger partial charge is 0.399 e. The minimum Gasteiger partial charge on any atom is -0.399 e. The van der Waals surface area contributed by atoms with Crippen LogP contribution in [0, 0.1) is 6.92 Å². The highest BCUT2D eigenvalue weighted by atomic mass is 32.1. The minimum atomic E-state index is 0.751. The van der Waals surface area contributed by atoms with Crippen molar-refractivity contribution in [3.05, 3.63) is 65.2 Å². The number of aryl methyl sites for hydroxylation is 1. The van der Waals surface area contributed by atoms with Gasteiger partial charge in [0.1, 0.15) is 0 Å². The second kappa shape index (κ2) is 12.6. The van der Waals surface area contributed by atoms with Gasteiger partial charge in [-0.3, -0.25) is 5.43 Å². The van der Waals surface area contributed by atoms with Gasteiger partial charge in [0.25, 0.3) is 0 Å². The van der Waals surface area contributed by atoms with Crippen LogP contribution in [0.2, 0.25) is 0 Å². The van der Waals surface area contributed by atoms with Crippen molar-refractivity contribution < 1.29 is 4.90 Å². The molecular formula is C23H34N7S+. The summed E-state index contributed by atoms with van der Waals surface area (Å²) >= 11 is 1.53. The zero-order valence-electron chi connectivity index (χ0n) is 18.8. The maximum atomic E-state index is 5.67. The number of quaternary nitrogens is 1. The monoisotopic (exact) mass is 440 g/mol. The Kier molecular flexibility index (Phi) is 9.80. The number of hydrogen-bond acceptors (Lipinski definition) is 7. The quantitative estimate of drug-likeness (QED) is 0.245. The molecule has 31 heavy (non-hydrogen) atoms. The first-order valence-corrected chi connectivity index (χ1v) is 11.2. The Morgan fingerprint density at radius 1 is 1.06 bits per heavy atom. The molecule has 8 heteroatoms. The lowest BCUT2D eigenvalue weighted by Crippen LogP contribution is -3.06. The molecule has 0 bridgehead atoms. The lowest BCUT2D eigenvalue weighted by atomic mass is 10.2. The van der Waals surface area contributed by atoms with Gasteiger partial charge in [-0.1, -0.05) is 12.1 Å². The van der Waals surface area contributed by atoms with Crippen molar-refractivity contribution in [2.45, 2.75) is 13.8 Å². The Balaban J connectivity index is 0.000000221. The van der Waals surface area contributed by atoms with Gasteiger partial charge in [-0.2, -0.15) is 5.10 Å². The average molecular weight is 441 g/mol. The number of aromatic nitrogens is 1. The van der Waals surface area contributed by atoms with Crippen molar-refractivity contribution >= 4 is 39.7 Å². The van der Waals surface area contributed by atoms with Gasteiger partial charge in [-0.25, -0.2) is 4.98 Å². The molecule has 0 saturated carbocycles. The fraction of sp³-hybridized carbons (Fsp3) is 0.304. The van der Waals surface area contributed by atoms with Gasteiger partial charge in [0.15, 0.2) is 0 Å². The average Bonchev–Trinajstić information content (AvgIpc) is 3.16. The van der Waals surface area contributed by atoms with Crippen LogP contribution < -0.4 is 26.7 Å². The van der Waals surface area contributed by atoms with Gasteiger partial charge in [-0.15, -0.1) is 11.3 Å². The Labute approximate surface area is 189 Å². The van der Waals surface area contributed by atoms with Crippen LogP contribution in [0.1, 0.15) is 18.2 Å². The summed E-state index contributed by atoms with van der Waals surface area (Å²) in [7, 11) is 4.35. The third-order valence-corrected chi connectivity index (χ3v) is 5.32. The molecule has 0 aliphatic rings. The molecule has 7 nitrogen and oxygen atoms in total. The van der Waals surface area contributed by atoms with Crippen molar-refractivity contribution in [2.75, 3.05) is 55.5 Å². The molecule has 0 radical (unpaired) electrons. The number of nitrogens with two attached hydrogens (primary N) is 2. The van der Waals surface area contributed by atoms with E-state index in [1.54, 1.807) is 6.21 Å². The second-order valence-corrected chi connectivity index (χ2v) is 8.32. The molecule has 3 aromatic rings. The number of rotatable bonds is 8. The number of nitrogens with zero attached hydrogens (tertiary/aromatic N) is 3. The molecular weight excluding hydrogens is 406 g/mol. The number of thiazole rings is 1. The molecule has 0 amide bonds. The first-order valence-electron chi connectivity index (χ1n) is 10.3. The summed E-state index contributed by atoms with van der Waals surface area (Å²) in [6, 6.07) is 15.6. The summed E-state index contributed by atoms with van der Waals surface area (Å²) in [6.07, 6.45) is 1.73. The Hall–Kier alpha value is -3.10. The summed E-state index contributed by atoms with van der Waals surface area (Å²) in [5, 5.41) is 6.86. The zero-order valence-corrected chi connectivity index (χ0v) is 19.6. The molecule has 1 heterocycles. The summed E-state index contributed by atoms with van der Waals surface area (Å²) in [6.45, 7) is 7.41. The van der Waals surface area contributed by atoms with Gasteiger partial charge in [-0.05, 0) is 55.8 Å². The third kappa shape index (κ3) is 9.06. The first-order chi connectivity index (χ1) is 14.9. The first kappa shape index (κ1) is 24.2.